The van der Waals surface area contributed by atoms with Gasteiger partial charge in [0.05, 0.1) is 0 Å². The van der Waals surface area contributed by atoms with Gasteiger partial charge in [-0.05, 0) is 30.7 Å². The maximum absolute atomic E-state index is 13.1. The van der Waals surface area contributed by atoms with Crippen molar-refractivity contribution in [1.29, 1.82) is 0 Å². The Bertz CT molecular complexity index is 835. The summed E-state index contributed by atoms with van der Waals surface area (Å²) in [5.74, 6) is -0.393. The Morgan fingerprint density at radius 1 is 1.09 bits per heavy atom. The molecule has 3 rings (SSSR count). The summed E-state index contributed by atoms with van der Waals surface area (Å²) in [7, 11) is -3.63. The third-order valence-electron chi connectivity index (χ3n) is 4.08. The van der Waals surface area contributed by atoms with E-state index in [1.807, 2.05) is 0 Å². The molecule has 3 nitrogen and oxygen atoms in total. The monoisotopic (exact) mass is 340 g/mol. The van der Waals surface area contributed by atoms with E-state index < -0.39 is 26.2 Å². The topological polar surface area (TPSA) is 46.7 Å². The van der Waals surface area contributed by atoms with Crippen LogP contribution in [0.2, 0.25) is 5.02 Å². The fraction of sp³-hybridized carbons (Fsp3) is 0.250. The number of hydrogen-bond acceptors (Lipinski definition) is 3. The standard InChI is InChI=1S/C16H14ClFO3S/c1-15(11-7-9-12(18)10-8-11)16(21-15,22(2,19)20)13-5-3-4-6-14(13)17/h3-10H,1-2H3. The molecule has 0 bridgehead atoms. The second-order valence-electron chi connectivity index (χ2n) is 5.51. The summed E-state index contributed by atoms with van der Waals surface area (Å²) in [4.78, 5) is -1.56. The van der Waals surface area contributed by atoms with Crippen molar-refractivity contribution in [2.24, 2.45) is 0 Å². The van der Waals surface area contributed by atoms with Crippen molar-refractivity contribution < 1.29 is 17.5 Å². The van der Waals surface area contributed by atoms with Crippen LogP contribution in [0.5, 0.6) is 0 Å². The van der Waals surface area contributed by atoms with Gasteiger partial charge in [-0.1, -0.05) is 41.9 Å². The summed E-state index contributed by atoms with van der Waals surface area (Å²) in [6, 6.07) is 12.3. The molecule has 1 aliphatic rings. The van der Waals surface area contributed by atoms with E-state index in [2.05, 4.69) is 0 Å². The highest BCUT2D eigenvalue weighted by atomic mass is 35.5. The van der Waals surface area contributed by atoms with E-state index >= 15 is 0 Å². The van der Waals surface area contributed by atoms with Gasteiger partial charge in [-0.3, -0.25) is 0 Å². The van der Waals surface area contributed by atoms with E-state index in [9.17, 15) is 12.8 Å². The minimum Gasteiger partial charge on any atom is -0.336 e. The van der Waals surface area contributed by atoms with Gasteiger partial charge in [0.25, 0.3) is 0 Å². The molecule has 6 heteroatoms. The quantitative estimate of drug-likeness (QED) is 0.802. The second-order valence-corrected chi connectivity index (χ2v) is 8.04. The van der Waals surface area contributed by atoms with Crippen LogP contribution < -0.4 is 0 Å². The first-order valence-corrected chi connectivity index (χ1v) is 8.90. The van der Waals surface area contributed by atoms with Gasteiger partial charge in [0.1, 0.15) is 11.4 Å². The number of halogens is 2. The molecule has 2 unspecified atom stereocenters. The Hall–Kier alpha value is -1.43. The Kier molecular flexibility index (Phi) is 3.36. The lowest BCUT2D eigenvalue weighted by Crippen LogP contribution is -2.29. The molecular weight excluding hydrogens is 327 g/mol. The van der Waals surface area contributed by atoms with Crippen molar-refractivity contribution in [2.45, 2.75) is 17.5 Å². The molecule has 0 amide bonds. The number of sulfone groups is 1. The largest absolute Gasteiger partial charge is 0.336 e. The van der Waals surface area contributed by atoms with Crippen LogP contribution in [0.3, 0.4) is 0 Å². The average Bonchev–Trinajstić information content (AvgIpc) is 3.09. The summed E-state index contributed by atoms with van der Waals surface area (Å²) < 4.78 is 43.8. The third kappa shape index (κ3) is 2.00. The van der Waals surface area contributed by atoms with E-state index in [0.29, 0.717) is 16.1 Å². The number of hydrogen-bond donors (Lipinski definition) is 0. The molecule has 2 aromatic carbocycles. The van der Waals surface area contributed by atoms with Gasteiger partial charge in [-0.15, -0.1) is 0 Å². The van der Waals surface area contributed by atoms with E-state index in [4.69, 9.17) is 16.3 Å². The predicted molar refractivity (Wildman–Crippen MR) is 82.8 cm³/mol. The zero-order chi connectivity index (χ0) is 16.2. The Balaban J connectivity index is 2.21. The molecule has 0 N–H and O–H groups in total. The minimum absolute atomic E-state index is 0.318. The smallest absolute Gasteiger partial charge is 0.229 e. The zero-order valence-electron chi connectivity index (χ0n) is 12.0. The van der Waals surface area contributed by atoms with Gasteiger partial charge < -0.3 is 4.74 Å². The van der Waals surface area contributed by atoms with Gasteiger partial charge in [-0.25, -0.2) is 12.8 Å². The van der Waals surface area contributed by atoms with Crippen LogP contribution in [0.25, 0.3) is 0 Å². The maximum Gasteiger partial charge on any atom is 0.229 e. The molecule has 1 fully saturated rings. The van der Waals surface area contributed by atoms with Crippen LogP contribution in [0.1, 0.15) is 18.1 Å². The maximum atomic E-state index is 13.1. The molecule has 0 spiro atoms. The number of rotatable bonds is 3. The number of ether oxygens (including phenoxy) is 1. The summed E-state index contributed by atoms with van der Waals surface area (Å²) in [5, 5.41) is 0.318. The van der Waals surface area contributed by atoms with Crippen LogP contribution in [-0.2, 0) is 25.1 Å². The molecule has 2 atom stereocenters. The molecule has 0 aromatic heterocycles. The van der Waals surface area contributed by atoms with Gasteiger partial charge >= 0.3 is 0 Å². The molecule has 22 heavy (non-hydrogen) atoms. The molecule has 0 saturated carbocycles. The van der Waals surface area contributed by atoms with Crippen molar-refractivity contribution >= 4 is 21.4 Å². The van der Waals surface area contributed by atoms with E-state index in [0.717, 1.165) is 6.26 Å². The van der Waals surface area contributed by atoms with E-state index in [-0.39, 0.29) is 0 Å². The molecule has 0 aliphatic carbocycles. The van der Waals surface area contributed by atoms with Crippen molar-refractivity contribution in [3.8, 4) is 0 Å². The fourth-order valence-electron chi connectivity index (χ4n) is 2.95. The van der Waals surface area contributed by atoms with Crippen molar-refractivity contribution in [2.75, 3.05) is 6.26 Å². The molecular formula is C16H14ClFO3S. The molecule has 0 radical (unpaired) electrons. The number of benzene rings is 2. The SMILES string of the molecule is CC1(c2ccc(F)cc2)OC1(c1ccccc1Cl)S(C)(=O)=O. The molecule has 1 aliphatic heterocycles. The van der Waals surface area contributed by atoms with Crippen LogP contribution in [-0.4, -0.2) is 14.7 Å². The fourth-order valence-corrected chi connectivity index (χ4v) is 4.99. The first-order valence-electron chi connectivity index (χ1n) is 6.63. The highest BCUT2D eigenvalue weighted by molar-refractivity contribution is 7.91. The lowest BCUT2D eigenvalue weighted by atomic mass is 9.93. The second kappa shape index (κ2) is 4.78. The normalized spacial score (nSPS) is 27.6. The van der Waals surface area contributed by atoms with Crippen LogP contribution in [0.15, 0.2) is 48.5 Å². The summed E-state index contributed by atoms with van der Waals surface area (Å²) in [6.07, 6.45) is 1.12. The summed E-state index contributed by atoms with van der Waals surface area (Å²) in [5.41, 5.74) is -0.135. The molecule has 116 valence electrons. The van der Waals surface area contributed by atoms with Crippen molar-refractivity contribution in [1.82, 2.24) is 0 Å². The Morgan fingerprint density at radius 3 is 2.23 bits per heavy atom. The first kappa shape index (κ1) is 15.5. The minimum atomic E-state index is -3.63. The van der Waals surface area contributed by atoms with Crippen LogP contribution in [0.4, 0.5) is 4.39 Å². The van der Waals surface area contributed by atoms with E-state index in [1.165, 1.54) is 24.3 Å². The summed E-state index contributed by atoms with van der Waals surface area (Å²) in [6.45, 7) is 1.67. The Labute approximate surface area is 133 Å². The first-order chi connectivity index (χ1) is 10.2. The number of epoxide rings is 1. The molecule has 1 heterocycles. The Morgan fingerprint density at radius 2 is 1.68 bits per heavy atom. The van der Waals surface area contributed by atoms with Crippen molar-refractivity contribution in [3.05, 3.63) is 70.5 Å². The molecule has 2 aromatic rings. The van der Waals surface area contributed by atoms with Gasteiger partial charge in [0.15, 0.2) is 9.84 Å². The predicted octanol–water partition coefficient (Wildman–Crippen LogP) is 3.62. The van der Waals surface area contributed by atoms with Gasteiger partial charge in [0, 0.05) is 16.8 Å². The van der Waals surface area contributed by atoms with Crippen molar-refractivity contribution in [3.63, 3.8) is 0 Å². The molecule has 1 saturated heterocycles. The van der Waals surface area contributed by atoms with E-state index in [1.54, 1.807) is 31.2 Å². The highest BCUT2D eigenvalue weighted by Gasteiger charge is 2.76. The summed E-state index contributed by atoms with van der Waals surface area (Å²) >= 11 is 6.19. The lowest BCUT2D eigenvalue weighted by molar-refractivity contribution is 0.301. The van der Waals surface area contributed by atoms with Crippen LogP contribution >= 0.6 is 11.6 Å². The van der Waals surface area contributed by atoms with Crippen LogP contribution in [0, 0.1) is 5.82 Å². The van der Waals surface area contributed by atoms with Gasteiger partial charge in [0.2, 0.25) is 4.93 Å². The van der Waals surface area contributed by atoms with Gasteiger partial charge in [-0.2, -0.15) is 0 Å². The lowest BCUT2D eigenvalue weighted by Gasteiger charge is -2.17. The highest BCUT2D eigenvalue weighted by Crippen LogP contribution is 2.65. The zero-order valence-corrected chi connectivity index (χ0v) is 13.6. The average molecular weight is 341 g/mol. The third-order valence-corrected chi connectivity index (χ3v) is 6.15.